The highest BCUT2D eigenvalue weighted by atomic mass is 79.9. The van der Waals surface area contributed by atoms with E-state index in [0.717, 1.165) is 16.2 Å². The van der Waals surface area contributed by atoms with Crippen LogP contribution < -0.4 is 5.32 Å². The summed E-state index contributed by atoms with van der Waals surface area (Å²) in [6.07, 6.45) is 1.74. The number of aromatic nitrogens is 1. The molecule has 1 heterocycles. The van der Waals surface area contributed by atoms with Crippen LogP contribution in [-0.2, 0) is 0 Å². The molecule has 0 saturated carbocycles. The monoisotopic (exact) mass is 320 g/mol. The number of hydrogen-bond donors (Lipinski definition) is 1. The Kier molecular flexibility index (Phi) is 4.53. The number of fused-ring (bicyclic) bond motifs is 1. The average Bonchev–Trinajstić information content (AvgIpc) is 2.43. The van der Waals surface area contributed by atoms with Gasteiger partial charge in [-0.05, 0) is 24.1 Å². The van der Waals surface area contributed by atoms with Crippen LogP contribution in [0.15, 0.2) is 36.5 Å². The van der Waals surface area contributed by atoms with Gasteiger partial charge in [-0.1, -0.05) is 41.9 Å². The van der Waals surface area contributed by atoms with Gasteiger partial charge in [0.1, 0.15) is 0 Å². The number of pyridine rings is 1. The van der Waals surface area contributed by atoms with Crippen molar-refractivity contribution in [3.63, 3.8) is 0 Å². The summed E-state index contributed by atoms with van der Waals surface area (Å²) >= 11 is 3.44. The minimum atomic E-state index is -0.0447. The Balaban J connectivity index is 2.31. The van der Waals surface area contributed by atoms with Gasteiger partial charge in [0.2, 0.25) is 0 Å². The average molecular weight is 321 g/mol. The van der Waals surface area contributed by atoms with E-state index in [9.17, 15) is 4.79 Å². The van der Waals surface area contributed by atoms with Crippen molar-refractivity contribution in [2.24, 2.45) is 5.92 Å². The van der Waals surface area contributed by atoms with Crippen molar-refractivity contribution in [2.75, 3.05) is 5.33 Å². The van der Waals surface area contributed by atoms with Crippen molar-refractivity contribution in [3.05, 3.63) is 42.1 Å². The quantitative estimate of drug-likeness (QED) is 0.877. The Hall–Kier alpha value is -1.42. The van der Waals surface area contributed by atoms with Crippen molar-refractivity contribution >= 4 is 32.7 Å². The second-order valence-corrected chi connectivity index (χ2v) is 5.50. The molecular weight excluding hydrogens is 304 g/mol. The SMILES string of the molecule is CC(C)C(CBr)NC(=O)c1cccc2ncccc12. The fourth-order valence-corrected chi connectivity index (χ4v) is 2.84. The zero-order chi connectivity index (χ0) is 13.8. The highest BCUT2D eigenvalue weighted by Gasteiger charge is 2.17. The summed E-state index contributed by atoms with van der Waals surface area (Å²) in [5, 5.41) is 4.70. The molecule has 0 bridgehead atoms. The Morgan fingerprint density at radius 2 is 2.11 bits per heavy atom. The van der Waals surface area contributed by atoms with Crippen molar-refractivity contribution in [3.8, 4) is 0 Å². The minimum Gasteiger partial charge on any atom is -0.348 e. The molecule has 1 atom stereocenters. The summed E-state index contributed by atoms with van der Waals surface area (Å²) < 4.78 is 0. The molecule has 1 N–H and O–H groups in total. The zero-order valence-corrected chi connectivity index (χ0v) is 12.6. The van der Waals surface area contributed by atoms with Crippen LogP contribution in [-0.4, -0.2) is 22.3 Å². The number of nitrogens with zero attached hydrogens (tertiary/aromatic N) is 1. The molecule has 0 aliphatic rings. The highest BCUT2D eigenvalue weighted by molar-refractivity contribution is 9.09. The lowest BCUT2D eigenvalue weighted by Crippen LogP contribution is -2.39. The third-order valence-electron chi connectivity index (χ3n) is 3.18. The first-order valence-electron chi connectivity index (χ1n) is 6.34. The van der Waals surface area contributed by atoms with Gasteiger partial charge in [-0.25, -0.2) is 0 Å². The van der Waals surface area contributed by atoms with E-state index in [-0.39, 0.29) is 11.9 Å². The van der Waals surface area contributed by atoms with Crippen LogP contribution in [0.1, 0.15) is 24.2 Å². The van der Waals surface area contributed by atoms with E-state index in [1.165, 1.54) is 0 Å². The van der Waals surface area contributed by atoms with Crippen LogP contribution in [0.3, 0.4) is 0 Å². The van der Waals surface area contributed by atoms with E-state index in [2.05, 4.69) is 40.1 Å². The molecule has 4 heteroatoms. The largest absolute Gasteiger partial charge is 0.348 e. The van der Waals surface area contributed by atoms with Crippen LogP contribution >= 0.6 is 15.9 Å². The summed E-state index contributed by atoms with van der Waals surface area (Å²) in [6, 6.07) is 9.52. The van der Waals surface area contributed by atoms with Gasteiger partial charge in [-0.2, -0.15) is 0 Å². The second kappa shape index (κ2) is 6.15. The Labute approximate surface area is 121 Å². The first-order valence-corrected chi connectivity index (χ1v) is 7.46. The smallest absolute Gasteiger partial charge is 0.252 e. The summed E-state index contributed by atoms with van der Waals surface area (Å²) in [4.78, 5) is 16.6. The van der Waals surface area contributed by atoms with Crippen LogP contribution in [0.25, 0.3) is 10.9 Å². The molecule has 1 aromatic heterocycles. The van der Waals surface area contributed by atoms with Crippen molar-refractivity contribution in [1.82, 2.24) is 10.3 Å². The van der Waals surface area contributed by atoms with Gasteiger partial charge in [-0.3, -0.25) is 9.78 Å². The molecule has 2 rings (SSSR count). The fourth-order valence-electron chi connectivity index (χ4n) is 1.93. The molecule has 100 valence electrons. The maximum atomic E-state index is 12.4. The first kappa shape index (κ1) is 14.0. The van der Waals surface area contributed by atoms with Gasteiger partial charge in [0.25, 0.3) is 5.91 Å². The van der Waals surface area contributed by atoms with Crippen molar-refractivity contribution < 1.29 is 4.79 Å². The number of benzene rings is 1. The molecule has 0 aliphatic heterocycles. The molecule has 0 aliphatic carbocycles. The predicted molar refractivity (Wildman–Crippen MR) is 81.6 cm³/mol. The molecule has 1 amide bonds. The first-order chi connectivity index (χ1) is 9.13. The van der Waals surface area contributed by atoms with E-state index >= 15 is 0 Å². The number of hydrogen-bond acceptors (Lipinski definition) is 2. The zero-order valence-electron chi connectivity index (χ0n) is 11.1. The topological polar surface area (TPSA) is 42.0 Å². The number of carbonyl (C=O) groups excluding carboxylic acids is 1. The molecule has 1 unspecified atom stereocenters. The van der Waals surface area contributed by atoms with E-state index in [0.29, 0.717) is 11.5 Å². The number of carbonyl (C=O) groups is 1. The molecular formula is C15H17BrN2O. The lowest BCUT2D eigenvalue weighted by molar-refractivity contribution is 0.0933. The van der Waals surface area contributed by atoms with Crippen LogP contribution in [0, 0.1) is 5.92 Å². The van der Waals surface area contributed by atoms with Gasteiger partial charge < -0.3 is 5.32 Å². The Morgan fingerprint density at radius 1 is 1.32 bits per heavy atom. The van der Waals surface area contributed by atoms with Gasteiger partial charge >= 0.3 is 0 Å². The van der Waals surface area contributed by atoms with E-state index in [1.54, 1.807) is 6.20 Å². The number of alkyl halides is 1. The number of rotatable bonds is 4. The number of halogens is 1. The molecule has 0 radical (unpaired) electrons. The van der Waals surface area contributed by atoms with Crippen molar-refractivity contribution in [2.45, 2.75) is 19.9 Å². The molecule has 19 heavy (non-hydrogen) atoms. The molecule has 0 fully saturated rings. The summed E-state index contributed by atoms with van der Waals surface area (Å²) in [7, 11) is 0. The molecule has 2 aromatic rings. The van der Waals surface area contributed by atoms with Gasteiger partial charge in [0.05, 0.1) is 5.52 Å². The Bertz CT molecular complexity index is 578. The lowest BCUT2D eigenvalue weighted by Gasteiger charge is -2.20. The normalized spacial score (nSPS) is 12.6. The molecule has 1 aromatic carbocycles. The number of nitrogens with one attached hydrogen (secondary N) is 1. The lowest BCUT2D eigenvalue weighted by atomic mass is 10.0. The minimum absolute atomic E-state index is 0.0447. The van der Waals surface area contributed by atoms with Crippen LogP contribution in [0.2, 0.25) is 0 Å². The van der Waals surface area contributed by atoms with Gasteiger partial charge in [0, 0.05) is 28.5 Å². The van der Waals surface area contributed by atoms with E-state index in [1.807, 2.05) is 30.3 Å². The summed E-state index contributed by atoms with van der Waals surface area (Å²) in [5.74, 6) is 0.341. The summed E-state index contributed by atoms with van der Waals surface area (Å²) in [6.45, 7) is 4.19. The predicted octanol–water partition coefficient (Wildman–Crippen LogP) is 3.38. The van der Waals surface area contributed by atoms with Crippen LogP contribution in [0.5, 0.6) is 0 Å². The third-order valence-corrected chi connectivity index (χ3v) is 3.88. The highest BCUT2D eigenvalue weighted by Crippen LogP contribution is 2.17. The van der Waals surface area contributed by atoms with Crippen LogP contribution in [0.4, 0.5) is 0 Å². The van der Waals surface area contributed by atoms with Crippen molar-refractivity contribution in [1.29, 1.82) is 0 Å². The van der Waals surface area contributed by atoms with E-state index < -0.39 is 0 Å². The summed E-state index contributed by atoms with van der Waals surface area (Å²) in [5.41, 5.74) is 1.52. The Morgan fingerprint density at radius 3 is 2.79 bits per heavy atom. The maximum Gasteiger partial charge on any atom is 0.252 e. The molecule has 0 saturated heterocycles. The molecule has 3 nitrogen and oxygen atoms in total. The maximum absolute atomic E-state index is 12.4. The molecule has 0 spiro atoms. The van der Waals surface area contributed by atoms with E-state index in [4.69, 9.17) is 0 Å². The number of amides is 1. The second-order valence-electron chi connectivity index (χ2n) is 4.85. The van der Waals surface area contributed by atoms with Gasteiger partial charge in [-0.15, -0.1) is 0 Å². The third kappa shape index (κ3) is 3.13. The van der Waals surface area contributed by atoms with Gasteiger partial charge in [0.15, 0.2) is 0 Å². The standard InChI is InChI=1S/C15H17BrN2O/c1-10(2)14(9-16)18-15(19)12-5-3-7-13-11(12)6-4-8-17-13/h3-8,10,14H,9H2,1-2H3,(H,18,19). The fraction of sp³-hybridized carbons (Fsp3) is 0.333.